The Morgan fingerprint density at radius 1 is 1.14 bits per heavy atom. The number of aliphatic hydroxyl groups is 1. The molecule has 2 N–H and O–H groups in total. The Bertz CT molecular complexity index is 361. The van der Waals surface area contributed by atoms with Crippen LogP contribution >= 0.6 is 0 Å². The van der Waals surface area contributed by atoms with E-state index >= 15 is 0 Å². The summed E-state index contributed by atoms with van der Waals surface area (Å²) in [7, 11) is 0. The van der Waals surface area contributed by atoms with Crippen molar-refractivity contribution >= 4 is 11.9 Å². The highest BCUT2D eigenvalue weighted by Gasteiger charge is 2.43. The molecule has 0 aliphatic carbocycles. The maximum atomic E-state index is 11.4. The smallest absolute Gasteiger partial charge is 0.362 e. The number of carboxylic acids is 2. The van der Waals surface area contributed by atoms with Gasteiger partial charge in [-0.15, -0.1) is 0 Å². The van der Waals surface area contributed by atoms with Crippen LogP contribution in [0.5, 0.6) is 0 Å². The molecular weight excluding hydrogens is 286 g/mol. The minimum atomic E-state index is -1.28. The average molecular weight is 315 g/mol. The first-order valence-corrected chi connectivity index (χ1v) is 7.85. The van der Waals surface area contributed by atoms with Gasteiger partial charge in [0.05, 0.1) is 19.1 Å². The normalized spacial score (nSPS) is 17.1. The van der Waals surface area contributed by atoms with E-state index in [1.807, 2.05) is 13.0 Å². The molecule has 0 aliphatic heterocycles. The zero-order valence-electron chi connectivity index (χ0n) is 13.8. The van der Waals surface area contributed by atoms with E-state index in [1.165, 1.54) is 13.8 Å². The van der Waals surface area contributed by atoms with Gasteiger partial charge >= 0.3 is 5.97 Å². The summed E-state index contributed by atoms with van der Waals surface area (Å²) < 4.78 is -0.183. The van der Waals surface area contributed by atoms with E-state index in [0.29, 0.717) is 13.0 Å². The molecule has 0 aromatic heterocycles. The van der Waals surface area contributed by atoms with Crippen LogP contribution in [0.4, 0.5) is 0 Å². The molecule has 3 atom stereocenters. The predicted molar refractivity (Wildman–Crippen MR) is 81.9 cm³/mol. The van der Waals surface area contributed by atoms with Crippen molar-refractivity contribution in [2.75, 3.05) is 19.7 Å². The average Bonchev–Trinajstić information content (AvgIpc) is 2.47. The van der Waals surface area contributed by atoms with E-state index in [2.05, 4.69) is 6.08 Å². The molecule has 0 rings (SSSR count). The fraction of sp³-hybridized carbons (Fsp3) is 0.750. The Labute approximate surface area is 132 Å². The zero-order valence-corrected chi connectivity index (χ0v) is 13.8. The van der Waals surface area contributed by atoms with Gasteiger partial charge in [-0.1, -0.05) is 12.2 Å². The van der Waals surface area contributed by atoms with Crippen LogP contribution in [0, 0.1) is 0 Å². The Balaban J connectivity index is 5.03. The van der Waals surface area contributed by atoms with Gasteiger partial charge in [-0.2, -0.15) is 0 Å². The lowest BCUT2D eigenvalue weighted by Gasteiger charge is -2.46. The molecule has 0 aromatic carbocycles. The lowest BCUT2D eigenvalue weighted by atomic mass is 10.0. The number of hydrogen-bond donors (Lipinski definition) is 2. The summed E-state index contributed by atoms with van der Waals surface area (Å²) in [5.74, 6) is -2.34. The van der Waals surface area contributed by atoms with Crippen LogP contribution in [-0.4, -0.2) is 58.4 Å². The van der Waals surface area contributed by atoms with Crippen molar-refractivity contribution < 1.29 is 29.4 Å². The number of rotatable bonds is 12. The number of unbranched alkanes of at least 4 members (excludes halogenated alkanes) is 3. The number of nitrogens with zero attached hydrogens (tertiary/aromatic N) is 1. The van der Waals surface area contributed by atoms with Crippen LogP contribution in [0.2, 0.25) is 0 Å². The predicted octanol–water partition coefficient (Wildman–Crippen LogP) is 0.544. The van der Waals surface area contributed by atoms with Gasteiger partial charge in [0.1, 0.15) is 12.6 Å². The van der Waals surface area contributed by atoms with Crippen LogP contribution < -0.4 is 5.11 Å². The molecule has 0 saturated heterocycles. The van der Waals surface area contributed by atoms with Gasteiger partial charge in [-0.25, -0.2) is 4.79 Å². The third kappa shape index (κ3) is 5.77. The van der Waals surface area contributed by atoms with E-state index in [0.717, 1.165) is 19.3 Å². The largest absolute Gasteiger partial charge is 0.544 e. The second kappa shape index (κ2) is 10.3. The van der Waals surface area contributed by atoms with Gasteiger partial charge in [0.25, 0.3) is 0 Å². The number of carbonyl (C=O) groups is 2. The number of carboxylic acid groups (broad SMARTS) is 2. The Hall–Kier alpha value is -1.40. The minimum Gasteiger partial charge on any atom is -0.544 e. The fourth-order valence-electron chi connectivity index (χ4n) is 2.85. The molecule has 0 radical (unpaired) electrons. The molecule has 0 bridgehead atoms. The van der Waals surface area contributed by atoms with Crippen molar-refractivity contribution in [2.45, 2.75) is 58.5 Å². The van der Waals surface area contributed by atoms with Crippen molar-refractivity contribution in [2.24, 2.45) is 0 Å². The van der Waals surface area contributed by atoms with Crippen molar-refractivity contribution in [3.05, 3.63) is 12.2 Å². The van der Waals surface area contributed by atoms with Gasteiger partial charge in [0.15, 0.2) is 6.04 Å². The Morgan fingerprint density at radius 3 is 2.23 bits per heavy atom. The quantitative estimate of drug-likeness (QED) is 0.311. The van der Waals surface area contributed by atoms with Crippen molar-refractivity contribution in [3.8, 4) is 0 Å². The maximum Gasteiger partial charge on any atom is 0.362 e. The van der Waals surface area contributed by atoms with Gasteiger partial charge in [-0.05, 0) is 46.5 Å². The first kappa shape index (κ1) is 20.6. The molecule has 6 heteroatoms. The maximum absolute atomic E-state index is 11.4. The molecule has 0 amide bonds. The number of carbonyl (C=O) groups excluding carboxylic acids is 1. The zero-order chi connectivity index (χ0) is 17.2. The first-order valence-electron chi connectivity index (χ1n) is 7.85. The van der Waals surface area contributed by atoms with Crippen LogP contribution in [0.1, 0.15) is 46.5 Å². The Kier molecular flexibility index (Phi) is 9.69. The summed E-state index contributed by atoms with van der Waals surface area (Å²) in [6.07, 6.45) is 7.59. The van der Waals surface area contributed by atoms with Crippen molar-refractivity contribution in [1.29, 1.82) is 0 Å². The van der Waals surface area contributed by atoms with Gasteiger partial charge in [0, 0.05) is 0 Å². The second-order valence-corrected chi connectivity index (χ2v) is 5.70. The van der Waals surface area contributed by atoms with Crippen LogP contribution in [0.15, 0.2) is 12.2 Å². The van der Waals surface area contributed by atoms with Gasteiger partial charge < -0.3 is 24.6 Å². The number of hydrogen-bond acceptors (Lipinski definition) is 4. The van der Waals surface area contributed by atoms with E-state index in [-0.39, 0.29) is 17.6 Å². The summed E-state index contributed by atoms with van der Waals surface area (Å²) in [6.45, 7) is 5.16. The van der Waals surface area contributed by atoms with E-state index < -0.39 is 24.0 Å². The Morgan fingerprint density at radius 2 is 1.77 bits per heavy atom. The number of quaternary nitrogens is 1. The van der Waals surface area contributed by atoms with Crippen molar-refractivity contribution in [1.82, 2.24) is 0 Å². The molecule has 128 valence electrons. The van der Waals surface area contributed by atoms with Gasteiger partial charge in [-0.3, -0.25) is 0 Å². The number of aliphatic hydroxyl groups excluding tert-OH is 1. The summed E-state index contributed by atoms with van der Waals surface area (Å²) in [5, 5.41) is 29.9. The van der Waals surface area contributed by atoms with Crippen molar-refractivity contribution in [3.63, 3.8) is 0 Å². The molecule has 3 unspecified atom stereocenters. The molecule has 6 nitrogen and oxygen atoms in total. The lowest BCUT2D eigenvalue weighted by molar-refractivity contribution is -0.956. The standard InChI is InChI=1S/C16H29NO5/c1-4-5-6-7-8-9-10-17(11-12-18,13(2)15(19)20)14(3)16(21)22/h4-5,13-14,18H,6-12H2,1-3H3,(H-,19,20,21,22)/b5-4+. The fourth-order valence-corrected chi connectivity index (χ4v) is 2.85. The molecule has 0 saturated carbocycles. The molecule has 0 aromatic rings. The summed E-state index contributed by atoms with van der Waals surface area (Å²) in [5.41, 5.74) is 0. The molecule has 0 fully saturated rings. The monoisotopic (exact) mass is 315 g/mol. The van der Waals surface area contributed by atoms with Crippen LogP contribution in [-0.2, 0) is 9.59 Å². The van der Waals surface area contributed by atoms with E-state index in [9.17, 15) is 24.9 Å². The van der Waals surface area contributed by atoms with E-state index in [1.54, 1.807) is 0 Å². The third-order valence-electron chi connectivity index (χ3n) is 4.44. The lowest BCUT2D eigenvalue weighted by Crippen LogP contribution is -2.67. The van der Waals surface area contributed by atoms with E-state index in [4.69, 9.17) is 0 Å². The van der Waals surface area contributed by atoms with Gasteiger partial charge in [0.2, 0.25) is 0 Å². The van der Waals surface area contributed by atoms with Crippen LogP contribution in [0.3, 0.4) is 0 Å². The molecule has 0 aliphatic rings. The highest BCUT2D eigenvalue weighted by Crippen LogP contribution is 2.22. The SMILES string of the molecule is C/C=C/CCCCC[N+](CCO)(C(C)C(=O)[O-])C(C)C(=O)O. The third-order valence-corrected chi connectivity index (χ3v) is 4.44. The highest BCUT2D eigenvalue weighted by atomic mass is 16.4. The minimum absolute atomic E-state index is 0.0947. The molecule has 0 heterocycles. The summed E-state index contributed by atoms with van der Waals surface area (Å²) in [4.78, 5) is 22.7. The highest BCUT2D eigenvalue weighted by molar-refractivity contribution is 5.73. The molecule has 0 spiro atoms. The topological polar surface area (TPSA) is 97.7 Å². The summed E-state index contributed by atoms with van der Waals surface area (Å²) in [6, 6.07) is -1.88. The first-order chi connectivity index (χ1) is 10.3. The molecule has 22 heavy (non-hydrogen) atoms. The second-order valence-electron chi connectivity index (χ2n) is 5.70. The number of aliphatic carboxylic acids is 2. The summed E-state index contributed by atoms with van der Waals surface area (Å²) >= 11 is 0. The number of allylic oxidation sites excluding steroid dienone is 2. The van der Waals surface area contributed by atoms with Crippen LogP contribution in [0.25, 0.3) is 0 Å². The molecular formula is C16H29NO5.